The first-order chi connectivity index (χ1) is 9.19. The van der Waals surface area contributed by atoms with Crippen molar-refractivity contribution in [2.75, 3.05) is 29.9 Å². The number of fused-ring (bicyclic) bond motifs is 1. The molecule has 0 aliphatic carbocycles. The van der Waals surface area contributed by atoms with Gasteiger partial charge in [-0.05, 0) is 24.1 Å². The van der Waals surface area contributed by atoms with Crippen molar-refractivity contribution in [2.24, 2.45) is 10.7 Å². The molecule has 1 amide bonds. The molecule has 0 saturated heterocycles. The van der Waals surface area contributed by atoms with Gasteiger partial charge in [-0.2, -0.15) is 0 Å². The second kappa shape index (κ2) is 4.46. The minimum Gasteiger partial charge on any atom is -0.482 e. The van der Waals surface area contributed by atoms with Gasteiger partial charge in [-0.1, -0.05) is 6.92 Å². The lowest BCUT2D eigenvalue weighted by molar-refractivity contribution is -0.118. The molecule has 6 heteroatoms. The molecule has 0 radical (unpaired) electrons. The summed E-state index contributed by atoms with van der Waals surface area (Å²) in [4.78, 5) is 17.5. The molecule has 3 N–H and O–H groups in total. The molecule has 1 aromatic rings. The highest BCUT2D eigenvalue weighted by atomic mass is 16.5. The maximum atomic E-state index is 11.4. The van der Waals surface area contributed by atoms with Crippen molar-refractivity contribution in [1.82, 2.24) is 0 Å². The average molecular weight is 260 g/mol. The number of nitrogens with one attached hydrogen (secondary N) is 1. The highest BCUT2D eigenvalue weighted by molar-refractivity contribution is 6.00. The molecule has 2 heterocycles. The number of amides is 1. The lowest BCUT2D eigenvalue weighted by atomic mass is 10.1. The van der Waals surface area contributed by atoms with Crippen LogP contribution in [0.1, 0.15) is 12.5 Å². The van der Waals surface area contributed by atoms with E-state index in [0.29, 0.717) is 18.2 Å². The molecule has 0 spiro atoms. The van der Waals surface area contributed by atoms with Crippen LogP contribution in [0.4, 0.5) is 11.4 Å². The summed E-state index contributed by atoms with van der Waals surface area (Å²) in [5.74, 6) is 1.11. The van der Waals surface area contributed by atoms with Crippen molar-refractivity contribution in [3.05, 3.63) is 17.7 Å². The SMILES string of the molecule is CCc1cc2c(cc1N1CCN=C1N)NC(=O)CO2. The molecule has 2 aliphatic rings. The number of rotatable bonds is 2. The first-order valence-electron chi connectivity index (χ1n) is 6.36. The van der Waals surface area contributed by atoms with Crippen LogP contribution in [-0.4, -0.2) is 31.6 Å². The first-order valence-corrected chi connectivity index (χ1v) is 6.36. The largest absolute Gasteiger partial charge is 0.482 e. The molecule has 100 valence electrons. The van der Waals surface area contributed by atoms with E-state index in [4.69, 9.17) is 10.5 Å². The quantitative estimate of drug-likeness (QED) is 0.821. The van der Waals surface area contributed by atoms with Gasteiger partial charge in [-0.3, -0.25) is 9.79 Å². The monoisotopic (exact) mass is 260 g/mol. The molecule has 3 rings (SSSR count). The number of guanidine groups is 1. The lowest BCUT2D eigenvalue weighted by Crippen LogP contribution is -2.34. The van der Waals surface area contributed by atoms with E-state index < -0.39 is 0 Å². The van der Waals surface area contributed by atoms with Crippen LogP contribution >= 0.6 is 0 Å². The Hall–Kier alpha value is -2.24. The zero-order chi connectivity index (χ0) is 13.4. The normalized spacial score (nSPS) is 17.6. The summed E-state index contributed by atoms with van der Waals surface area (Å²) >= 11 is 0. The molecule has 0 bridgehead atoms. The second-order valence-corrected chi connectivity index (χ2v) is 4.56. The zero-order valence-corrected chi connectivity index (χ0v) is 10.8. The molecule has 1 aromatic carbocycles. The lowest BCUT2D eigenvalue weighted by Gasteiger charge is -2.25. The standard InChI is InChI=1S/C13H16N4O2/c1-2-8-5-11-9(16-12(18)7-19-11)6-10(8)17-4-3-15-13(17)14/h5-6H,2-4,7H2,1H3,(H2,14,15)(H,16,18). The number of ether oxygens (including phenoxy) is 1. The van der Waals surface area contributed by atoms with Crippen LogP contribution in [-0.2, 0) is 11.2 Å². The predicted molar refractivity (Wildman–Crippen MR) is 73.8 cm³/mol. The Morgan fingerprint density at radius 3 is 3.05 bits per heavy atom. The number of aliphatic imine (C=N–C) groups is 1. The smallest absolute Gasteiger partial charge is 0.262 e. The predicted octanol–water partition coefficient (Wildman–Crippen LogP) is 0.715. The maximum absolute atomic E-state index is 11.4. The fraction of sp³-hybridized carbons (Fsp3) is 0.385. The molecule has 0 saturated carbocycles. The molecule has 0 fully saturated rings. The number of nitrogens with zero attached hydrogens (tertiary/aromatic N) is 2. The van der Waals surface area contributed by atoms with Crippen LogP contribution in [0.15, 0.2) is 17.1 Å². The second-order valence-electron chi connectivity index (χ2n) is 4.56. The number of hydrogen-bond acceptors (Lipinski definition) is 5. The van der Waals surface area contributed by atoms with Gasteiger partial charge < -0.3 is 20.7 Å². The van der Waals surface area contributed by atoms with Gasteiger partial charge in [0.1, 0.15) is 5.75 Å². The summed E-state index contributed by atoms with van der Waals surface area (Å²) in [5, 5.41) is 2.82. The molecule has 0 atom stereocenters. The van der Waals surface area contributed by atoms with E-state index in [1.54, 1.807) is 0 Å². The number of anilines is 2. The number of nitrogens with two attached hydrogens (primary N) is 1. The van der Waals surface area contributed by atoms with Gasteiger partial charge in [-0.25, -0.2) is 0 Å². The molecule has 19 heavy (non-hydrogen) atoms. The minimum absolute atomic E-state index is 0.0722. The van der Waals surface area contributed by atoms with Gasteiger partial charge in [0.25, 0.3) is 5.91 Å². The average Bonchev–Trinajstić information content (AvgIpc) is 2.83. The Labute approximate surface area is 111 Å². The molecule has 0 unspecified atom stereocenters. The van der Waals surface area contributed by atoms with E-state index in [1.807, 2.05) is 17.0 Å². The summed E-state index contributed by atoms with van der Waals surface area (Å²) < 4.78 is 5.43. The molecule has 0 aromatic heterocycles. The third kappa shape index (κ3) is 1.99. The van der Waals surface area contributed by atoms with Gasteiger partial charge in [0.2, 0.25) is 0 Å². The molecule has 6 nitrogen and oxygen atoms in total. The Kier molecular flexibility index (Phi) is 2.77. The van der Waals surface area contributed by atoms with Gasteiger partial charge >= 0.3 is 0 Å². The van der Waals surface area contributed by atoms with Crippen LogP contribution in [0.3, 0.4) is 0 Å². The van der Waals surface area contributed by atoms with Crippen LogP contribution in [0.25, 0.3) is 0 Å². The fourth-order valence-electron chi connectivity index (χ4n) is 2.40. The third-order valence-electron chi connectivity index (χ3n) is 3.36. The van der Waals surface area contributed by atoms with Crippen LogP contribution in [0, 0.1) is 0 Å². The van der Waals surface area contributed by atoms with Crippen LogP contribution < -0.4 is 20.7 Å². The van der Waals surface area contributed by atoms with Gasteiger partial charge in [0.05, 0.1) is 12.2 Å². The van der Waals surface area contributed by atoms with E-state index in [0.717, 1.165) is 30.0 Å². The van der Waals surface area contributed by atoms with E-state index in [9.17, 15) is 4.79 Å². The van der Waals surface area contributed by atoms with Crippen molar-refractivity contribution in [3.8, 4) is 5.75 Å². The highest BCUT2D eigenvalue weighted by Crippen LogP contribution is 2.36. The van der Waals surface area contributed by atoms with Gasteiger partial charge in [0.15, 0.2) is 12.6 Å². The van der Waals surface area contributed by atoms with Crippen molar-refractivity contribution in [2.45, 2.75) is 13.3 Å². The topological polar surface area (TPSA) is 80.0 Å². The fourth-order valence-corrected chi connectivity index (χ4v) is 2.40. The summed E-state index contributed by atoms with van der Waals surface area (Å²) in [5.41, 5.74) is 8.72. The van der Waals surface area contributed by atoms with Crippen LogP contribution in [0.5, 0.6) is 5.75 Å². The Morgan fingerprint density at radius 1 is 1.53 bits per heavy atom. The van der Waals surface area contributed by atoms with E-state index in [2.05, 4.69) is 17.2 Å². The first kappa shape index (κ1) is 11.8. The van der Waals surface area contributed by atoms with E-state index >= 15 is 0 Å². The summed E-state index contributed by atoms with van der Waals surface area (Å²) in [6, 6.07) is 3.88. The third-order valence-corrected chi connectivity index (χ3v) is 3.36. The van der Waals surface area contributed by atoms with Gasteiger partial charge in [-0.15, -0.1) is 0 Å². The van der Waals surface area contributed by atoms with Crippen molar-refractivity contribution in [3.63, 3.8) is 0 Å². The summed E-state index contributed by atoms with van der Waals surface area (Å²) in [6.45, 7) is 3.63. The minimum atomic E-state index is -0.134. The summed E-state index contributed by atoms with van der Waals surface area (Å²) in [6.07, 6.45) is 0.865. The Balaban J connectivity index is 2.05. The number of aryl methyl sites for hydroxylation is 1. The van der Waals surface area contributed by atoms with E-state index in [-0.39, 0.29) is 12.5 Å². The van der Waals surface area contributed by atoms with Crippen LogP contribution in [0.2, 0.25) is 0 Å². The Morgan fingerprint density at radius 2 is 2.37 bits per heavy atom. The number of hydrogen-bond donors (Lipinski definition) is 2. The van der Waals surface area contributed by atoms with Crippen molar-refractivity contribution >= 4 is 23.2 Å². The Bertz CT molecular complexity index is 568. The number of carbonyl (C=O) groups excluding carboxylic acids is 1. The summed E-state index contributed by atoms with van der Waals surface area (Å²) in [7, 11) is 0. The van der Waals surface area contributed by atoms with Gasteiger partial charge in [0, 0.05) is 12.2 Å². The van der Waals surface area contributed by atoms with Crippen molar-refractivity contribution in [1.29, 1.82) is 0 Å². The maximum Gasteiger partial charge on any atom is 0.262 e. The number of carbonyl (C=O) groups is 1. The van der Waals surface area contributed by atoms with E-state index in [1.165, 1.54) is 0 Å². The van der Waals surface area contributed by atoms with Crippen molar-refractivity contribution < 1.29 is 9.53 Å². The molecule has 2 aliphatic heterocycles. The molecular weight excluding hydrogens is 244 g/mol. The zero-order valence-electron chi connectivity index (χ0n) is 10.8. The molecular formula is C13H16N4O2. The number of benzene rings is 1. The highest BCUT2D eigenvalue weighted by Gasteiger charge is 2.23.